The van der Waals surface area contributed by atoms with Crippen LogP contribution in [0.3, 0.4) is 0 Å². The molecule has 1 saturated heterocycles. The average molecular weight is 435 g/mol. The third kappa shape index (κ3) is 7.32. The monoisotopic (exact) mass is 434 g/mol. The van der Waals surface area contributed by atoms with Crippen molar-refractivity contribution in [2.45, 2.75) is 51.7 Å². The highest BCUT2D eigenvalue weighted by molar-refractivity contribution is 7.98. The van der Waals surface area contributed by atoms with Crippen molar-refractivity contribution in [1.82, 2.24) is 15.5 Å². The van der Waals surface area contributed by atoms with Crippen LogP contribution in [0.2, 0.25) is 0 Å². The number of thioether (sulfide) groups is 1. The first-order chi connectivity index (χ1) is 14.3. The van der Waals surface area contributed by atoms with Crippen LogP contribution in [0, 0.1) is 12.8 Å². The van der Waals surface area contributed by atoms with E-state index >= 15 is 0 Å². The number of nitrogens with two attached hydrogens (primary N) is 1. The third-order valence-electron chi connectivity index (χ3n) is 5.47. The minimum Gasteiger partial charge on any atom is -0.350 e. The number of nitrogens with one attached hydrogen (secondary N) is 2. The van der Waals surface area contributed by atoms with E-state index in [0.717, 1.165) is 11.3 Å². The maximum absolute atomic E-state index is 12.6. The zero-order valence-corrected chi connectivity index (χ0v) is 19.0. The summed E-state index contributed by atoms with van der Waals surface area (Å²) in [5.74, 6) is 0.286. The summed E-state index contributed by atoms with van der Waals surface area (Å²) in [6.45, 7) is 5.18. The van der Waals surface area contributed by atoms with Crippen LogP contribution in [0.4, 0.5) is 0 Å². The molecule has 2 rings (SSSR count). The molecule has 1 aliphatic rings. The molecule has 0 spiro atoms. The second kappa shape index (κ2) is 12.0. The second-order valence-corrected chi connectivity index (χ2v) is 8.91. The first-order valence-electron chi connectivity index (χ1n) is 10.5. The maximum atomic E-state index is 12.6. The van der Waals surface area contributed by atoms with Gasteiger partial charge in [-0.15, -0.1) is 0 Å². The summed E-state index contributed by atoms with van der Waals surface area (Å²) in [5, 5.41) is 5.66. The number of aryl methyl sites for hydroxylation is 1. The Kier molecular flexibility index (Phi) is 9.65. The van der Waals surface area contributed by atoms with Gasteiger partial charge in [0.25, 0.3) is 0 Å². The van der Waals surface area contributed by atoms with Crippen molar-refractivity contribution in [3.63, 3.8) is 0 Å². The third-order valence-corrected chi connectivity index (χ3v) is 6.11. The van der Waals surface area contributed by atoms with E-state index in [-0.39, 0.29) is 23.6 Å². The molecular formula is C22H34N4O3S. The van der Waals surface area contributed by atoms with Crippen LogP contribution < -0.4 is 16.4 Å². The van der Waals surface area contributed by atoms with Gasteiger partial charge in [-0.05, 0) is 50.7 Å². The number of hydrogen-bond acceptors (Lipinski definition) is 5. The number of nitrogens with zero attached hydrogens (tertiary/aromatic N) is 1. The molecule has 166 valence electrons. The molecule has 1 aromatic rings. The molecule has 2 unspecified atom stereocenters. The fourth-order valence-corrected chi connectivity index (χ4v) is 3.90. The number of amides is 3. The van der Waals surface area contributed by atoms with Gasteiger partial charge in [0.2, 0.25) is 17.7 Å². The lowest BCUT2D eigenvalue weighted by molar-refractivity contribution is -0.137. The van der Waals surface area contributed by atoms with Crippen LogP contribution in [0.1, 0.15) is 37.3 Å². The van der Waals surface area contributed by atoms with E-state index in [4.69, 9.17) is 5.73 Å². The van der Waals surface area contributed by atoms with Gasteiger partial charge in [0.15, 0.2) is 0 Å². The largest absolute Gasteiger partial charge is 0.350 e. The van der Waals surface area contributed by atoms with E-state index in [2.05, 4.69) is 10.6 Å². The van der Waals surface area contributed by atoms with Crippen molar-refractivity contribution in [2.24, 2.45) is 11.7 Å². The highest BCUT2D eigenvalue weighted by atomic mass is 32.2. The molecule has 7 nitrogen and oxygen atoms in total. The van der Waals surface area contributed by atoms with E-state index in [1.165, 1.54) is 5.56 Å². The molecule has 0 radical (unpaired) electrons. The Morgan fingerprint density at radius 2 is 1.83 bits per heavy atom. The minimum atomic E-state index is -0.609. The maximum Gasteiger partial charge on any atom is 0.242 e. The van der Waals surface area contributed by atoms with Gasteiger partial charge >= 0.3 is 0 Å². The van der Waals surface area contributed by atoms with Crippen LogP contribution in [-0.4, -0.2) is 59.8 Å². The summed E-state index contributed by atoms with van der Waals surface area (Å²) in [6.07, 6.45) is 3.83. The van der Waals surface area contributed by atoms with Gasteiger partial charge in [-0.25, -0.2) is 0 Å². The highest BCUT2D eigenvalue weighted by Gasteiger charge is 2.30. The molecule has 0 aliphatic carbocycles. The van der Waals surface area contributed by atoms with Gasteiger partial charge in [0, 0.05) is 25.6 Å². The number of likely N-dealkylation sites (tertiary alicyclic amines) is 1. The Morgan fingerprint density at radius 3 is 2.43 bits per heavy atom. The second-order valence-electron chi connectivity index (χ2n) is 7.92. The zero-order chi connectivity index (χ0) is 22.1. The lowest BCUT2D eigenvalue weighted by Gasteiger charge is -2.33. The van der Waals surface area contributed by atoms with E-state index in [1.54, 1.807) is 23.6 Å². The molecule has 1 heterocycles. The number of piperidine rings is 1. The Morgan fingerprint density at radius 1 is 1.20 bits per heavy atom. The van der Waals surface area contributed by atoms with E-state index < -0.39 is 12.1 Å². The van der Waals surface area contributed by atoms with Crippen molar-refractivity contribution >= 4 is 29.5 Å². The lowest BCUT2D eigenvalue weighted by atomic mass is 9.95. The number of hydrogen-bond donors (Lipinski definition) is 3. The molecule has 1 aromatic carbocycles. The summed E-state index contributed by atoms with van der Waals surface area (Å²) in [7, 11) is 0. The predicted molar refractivity (Wildman–Crippen MR) is 121 cm³/mol. The average Bonchev–Trinajstić information content (AvgIpc) is 2.76. The molecule has 3 amide bonds. The van der Waals surface area contributed by atoms with E-state index in [0.29, 0.717) is 38.9 Å². The van der Waals surface area contributed by atoms with Crippen LogP contribution >= 0.6 is 11.8 Å². The summed E-state index contributed by atoms with van der Waals surface area (Å²) < 4.78 is 0. The molecule has 4 N–H and O–H groups in total. The molecule has 0 aromatic heterocycles. The Bertz CT molecular complexity index is 718. The normalized spacial score (nSPS) is 16.6. The van der Waals surface area contributed by atoms with Crippen LogP contribution in [-0.2, 0) is 20.9 Å². The van der Waals surface area contributed by atoms with Gasteiger partial charge in [0.05, 0.1) is 6.04 Å². The summed E-state index contributed by atoms with van der Waals surface area (Å²) in [4.78, 5) is 39.0. The van der Waals surface area contributed by atoms with Crippen molar-refractivity contribution in [1.29, 1.82) is 0 Å². The van der Waals surface area contributed by atoms with Crippen molar-refractivity contribution in [3.8, 4) is 0 Å². The molecule has 8 heteroatoms. The number of benzene rings is 1. The Balaban J connectivity index is 1.73. The van der Waals surface area contributed by atoms with Crippen LogP contribution in [0.25, 0.3) is 0 Å². The molecular weight excluding hydrogens is 400 g/mol. The van der Waals surface area contributed by atoms with E-state index in [9.17, 15) is 14.4 Å². The summed E-state index contributed by atoms with van der Waals surface area (Å²) >= 11 is 1.67. The van der Waals surface area contributed by atoms with Crippen molar-refractivity contribution in [2.75, 3.05) is 25.1 Å². The van der Waals surface area contributed by atoms with Gasteiger partial charge in [-0.3, -0.25) is 14.4 Å². The first kappa shape index (κ1) is 24.2. The van der Waals surface area contributed by atoms with Crippen LogP contribution in [0.5, 0.6) is 0 Å². The number of carbonyl (C=O) groups is 3. The zero-order valence-electron chi connectivity index (χ0n) is 18.1. The molecule has 30 heavy (non-hydrogen) atoms. The Labute approximate surface area is 183 Å². The molecule has 0 bridgehead atoms. The predicted octanol–water partition coefficient (Wildman–Crippen LogP) is 1.43. The first-order valence-corrected chi connectivity index (χ1v) is 11.9. The fourth-order valence-electron chi connectivity index (χ4n) is 3.41. The summed E-state index contributed by atoms with van der Waals surface area (Å²) in [5.41, 5.74) is 8.16. The SMILES string of the molecule is CSCCC(N)C(=O)N1CCC(C(=O)NC(C)C(=O)NCc2ccc(C)cc2)CC1. The topological polar surface area (TPSA) is 105 Å². The minimum absolute atomic E-state index is 0.0354. The fraction of sp³-hybridized carbons (Fsp3) is 0.591. The smallest absolute Gasteiger partial charge is 0.242 e. The molecule has 2 atom stereocenters. The standard InChI is InChI=1S/C22H34N4O3S/c1-15-4-6-17(7-5-15)14-24-20(27)16(2)25-21(28)18-8-11-26(12-9-18)22(29)19(23)10-13-30-3/h4-7,16,18-19H,8-14,23H2,1-3H3,(H,24,27)(H,25,28). The van der Waals surface area contributed by atoms with Crippen LogP contribution in [0.15, 0.2) is 24.3 Å². The quantitative estimate of drug-likeness (QED) is 0.545. The Hall–Kier alpha value is -2.06. The van der Waals surface area contributed by atoms with Crippen molar-refractivity contribution in [3.05, 3.63) is 35.4 Å². The lowest BCUT2D eigenvalue weighted by Crippen LogP contribution is -2.51. The van der Waals surface area contributed by atoms with Gasteiger partial charge < -0.3 is 21.3 Å². The van der Waals surface area contributed by atoms with Crippen molar-refractivity contribution < 1.29 is 14.4 Å². The number of rotatable bonds is 9. The number of carbonyl (C=O) groups excluding carboxylic acids is 3. The van der Waals surface area contributed by atoms with Gasteiger partial charge in [-0.2, -0.15) is 11.8 Å². The van der Waals surface area contributed by atoms with E-state index in [1.807, 2.05) is 37.4 Å². The van der Waals surface area contributed by atoms with Gasteiger partial charge in [-0.1, -0.05) is 29.8 Å². The van der Waals surface area contributed by atoms with Gasteiger partial charge in [0.1, 0.15) is 6.04 Å². The molecule has 0 saturated carbocycles. The molecule has 1 aliphatic heterocycles. The highest BCUT2D eigenvalue weighted by Crippen LogP contribution is 2.18. The molecule has 1 fully saturated rings. The summed E-state index contributed by atoms with van der Waals surface area (Å²) in [6, 6.07) is 6.86.